The molecule has 0 bridgehead atoms. The molecule has 22 heavy (non-hydrogen) atoms. The highest BCUT2D eigenvalue weighted by Gasteiger charge is 2.21. The van der Waals surface area contributed by atoms with Crippen LogP contribution in [0.1, 0.15) is 16.7 Å². The SMILES string of the molecule is Cc1ccc(C)c(C=C(C#N)S(=O)(=O)c2ccc(Cl)cc2)c1. The molecule has 0 aromatic heterocycles. The molecule has 0 N–H and O–H groups in total. The number of aryl methyl sites for hydroxylation is 2. The Labute approximate surface area is 135 Å². The lowest BCUT2D eigenvalue weighted by Crippen LogP contribution is -2.03. The van der Waals surface area contributed by atoms with Crippen molar-refractivity contribution in [3.05, 3.63) is 69.1 Å². The standard InChI is InChI=1S/C17H14ClNO2S/c1-12-3-4-13(2)14(9-12)10-17(11-19)22(20,21)16-7-5-15(18)6-8-16/h3-10H,1-2H3. The second-order valence-electron chi connectivity index (χ2n) is 4.94. The molecule has 0 saturated heterocycles. The van der Waals surface area contributed by atoms with Crippen molar-refractivity contribution >= 4 is 27.5 Å². The first-order chi connectivity index (χ1) is 10.3. The smallest absolute Gasteiger partial charge is 0.216 e. The van der Waals surface area contributed by atoms with E-state index in [-0.39, 0.29) is 9.80 Å². The zero-order chi connectivity index (χ0) is 16.3. The van der Waals surface area contributed by atoms with Gasteiger partial charge in [0.2, 0.25) is 9.84 Å². The van der Waals surface area contributed by atoms with Crippen LogP contribution in [0.25, 0.3) is 6.08 Å². The molecule has 0 unspecified atom stereocenters. The molecular formula is C17H14ClNO2S. The largest absolute Gasteiger partial charge is 0.218 e. The van der Waals surface area contributed by atoms with Gasteiger partial charge in [-0.3, -0.25) is 0 Å². The van der Waals surface area contributed by atoms with Crippen molar-refractivity contribution in [1.29, 1.82) is 5.26 Å². The molecule has 0 heterocycles. The Morgan fingerprint density at radius 2 is 1.77 bits per heavy atom. The molecule has 5 heteroatoms. The highest BCUT2D eigenvalue weighted by Crippen LogP contribution is 2.24. The molecule has 3 nitrogen and oxygen atoms in total. The summed E-state index contributed by atoms with van der Waals surface area (Å²) < 4.78 is 25.1. The van der Waals surface area contributed by atoms with Gasteiger partial charge in [0.05, 0.1) is 4.90 Å². The predicted octanol–water partition coefficient (Wildman–Crippen LogP) is 4.30. The van der Waals surface area contributed by atoms with E-state index >= 15 is 0 Å². The van der Waals surface area contributed by atoms with E-state index in [2.05, 4.69) is 0 Å². The van der Waals surface area contributed by atoms with Crippen LogP contribution < -0.4 is 0 Å². The Morgan fingerprint density at radius 1 is 1.14 bits per heavy atom. The van der Waals surface area contributed by atoms with Crippen LogP contribution in [0.2, 0.25) is 5.02 Å². The van der Waals surface area contributed by atoms with Gasteiger partial charge in [0.25, 0.3) is 0 Å². The van der Waals surface area contributed by atoms with E-state index in [0.717, 1.165) is 11.1 Å². The molecule has 0 fully saturated rings. The fourth-order valence-electron chi connectivity index (χ4n) is 1.97. The number of sulfone groups is 1. The van der Waals surface area contributed by atoms with Gasteiger partial charge in [-0.05, 0) is 55.3 Å². The van der Waals surface area contributed by atoms with Crippen molar-refractivity contribution in [1.82, 2.24) is 0 Å². The number of nitrogens with zero attached hydrogens (tertiary/aromatic N) is 1. The minimum atomic E-state index is -3.85. The third kappa shape index (κ3) is 3.38. The summed E-state index contributed by atoms with van der Waals surface area (Å²) in [6.45, 7) is 3.78. The van der Waals surface area contributed by atoms with Gasteiger partial charge in [0.15, 0.2) is 0 Å². The maximum atomic E-state index is 12.5. The number of hydrogen-bond donors (Lipinski definition) is 0. The normalized spacial score (nSPS) is 12.0. The van der Waals surface area contributed by atoms with Gasteiger partial charge in [-0.25, -0.2) is 8.42 Å². The highest BCUT2D eigenvalue weighted by atomic mass is 35.5. The number of allylic oxidation sites excluding steroid dienone is 1. The van der Waals surface area contributed by atoms with E-state index in [9.17, 15) is 13.7 Å². The number of hydrogen-bond acceptors (Lipinski definition) is 3. The Morgan fingerprint density at radius 3 is 2.36 bits per heavy atom. The summed E-state index contributed by atoms with van der Waals surface area (Å²) in [5, 5.41) is 9.72. The van der Waals surface area contributed by atoms with Crippen molar-refractivity contribution in [2.24, 2.45) is 0 Å². The first-order valence-corrected chi connectivity index (χ1v) is 8.40. The monoisotopic (exact) mass is 331 g/mol. The average Bonchev–Trinajstić information content (AvgIpc) is 2.48. The van der Waals surface area contributed by atoms with Crippen molar-refractivity contribution in [2.45, 2.75) is 18.7 Å². The summed E-state index contributed by atoms with van der Waals surface area (Å²) >= 11 is 5.77. The first-order valence-electron chi connectivity index (χ1n) is 6.54. The maximum absolute atomic E-state index is 12.5. The zero-order valence-corrected chi connectivity index (χ0v) is 13.7. The Hall–Kier alpha value is -2.09. The maximum Gasteiger partial charge on any atom is 0.216 e. The van der Waals surface area contributed by atoms with Gasteiger partial charge in [0.1, 0.15) is 11.0 Å². The Kier molecular flexibility index (Phi) is 4.70. The highest BCUT2D eigenvalue weighted by molar-refractivity contribution is 7.95. The quantitative estimate of drug-likeness (QED) is 0.788. The topological polar surface area (TPSA) is 57.9 Å². The third-order valence-electron chi connectivity index (χ3n) is 3.24. The molecule has 0 aliphatic carbocycles. The summed E-state index contributed by atoms with van der Waals surface area (Å²) in [6, 6.07) is 13.2. The van der Waals surface area contributed by atoms with E-state index < -0.39 is 9.84 Å². The molecule has 0 amide bonds. The van der Waals surface area contributed by atoms with Gasteiger partial charge in [-0.2, -0.15) is 5.26 Å². The van der Waals surface area contributed by atoms with Crippen LogP contribution in [0.4, 0.5) is 0 Å². The third-order valence-corrected chi connectivity index (χ3v) is 5.18. The van der Waals surface area contributed by atoms with E-state index in [1.807, 2.05) is 32.0 Å². The number of benzene rings is 2. The fraction of sp³-hybridized carbons (Fsp3) is 0.118. The number of rotatable bonds is 3. The molecule has 2 aromatic rings. The number of nitriles is 1. The minimum Gasteiger partial charge on any atom is -0.218 e. The molecule has 0 spiro atoms. The molecule has 0 radical (unpaired) electrons. The summed E-state index contributed by atoms with van der Waals surface area (Å²) in [5.41, 5.74) is 2.62. The van der Waals surface area contributed by atoms with Crippen LogP contribution in [0.15, 0.2) is 52.3 Å². The van der Waals surface area contributed by atoms with Crippen LogP contribution in [-0.4, -0.2) is 8.42 Å². The van der Waals surface area contributed by atoms with Gasteiger partial charge in [0, 0.05) is 5.02 Å². The van der Waals surface area contributed by atoms with Crippen LogP contribution in [0, 0.1) is 25.2 Å². The average molecular weight is 332 g/mol. The number of halogens is 1. The minimum absolute atomic E-state index is 0.0509. The molecular weight excluding hydrogens is 318 g/mol. The lowest BCUT2D eigenvalue weighted by atomic mass is 10.1. The molecule has 0 saturated carbocycles. The molecule has 0 aliphatic rings. The molecule has 112 valence electrons. The lowest BCUT2D eigenvalue weighted by molar-refractivity contribution is 0.603. The van der Waals surface area contributed by atoms with Crippen LogP contribution in [0.5, 0.6) is 0 Å². The summed E-state index contributed by atoms with van der Waals surface area (Å²) in [6.07, 6.45) is 1.41. The van der Waals surface area contributed by atoms with E-state index in [1.54, 1.807) is 6.07 Å². The second-order valence-corrected chi connectivity index (χ2v) is 7.29. The summed E-state index contributed by atoms with van der Waals surface area (Å²) in [7, 11) is -3.85. The second kappa shape index (κ2) is 6.35. The Bertz CT molecular complexity index is 876. The van der Waals surface area contributed by atoms with Crippen molar-refractivity contribution in [3.8, 4) is 6.07 Å². The Balaban J connectivity index is 2.56. The van der Waals surface area contributed by atoms with Crippen molar-refractivity contribution < 1.29 is 8.42 Å². The first kappa shape index (κ1) is 16.3. The fourth-order valence-corrected chi connectivity index (χ4v) is 3.24. The lowest BCUT2D eigenvalue weighted by Gasteiger charge is -2.06. The van der Waals surface area contributed by atoms with Crippen LogP contribution >= 0.6 is 11.6 Å². The predicted molar refractivity (Wildman–Crippen MR) is 88.1 cm³/mol. The van der Waals surface area contributed by atoms with Gasteiger partial charge in [-0.15, -0.1) is 0 Å². The molecule has 2 aromatic carbocycles. The van der Waals surface area contributed by atoms with E-state index in [0.29, 0.717) is 10.6 Å². The molecule has 2 rings (SSSR count). The molecule has 0 atom stereocenters. The summed E-state index contributed by atoms with van der Waals surface area (Å²) in [5.74, 6) is 0. The molecule has 0 aliphatic heterocycles. The van der Waals surface area contributed by atoms with Crippen LogP contribution in [-0.2, 0) is 9.84 Å². The van der Waals surface area contributed by atoms with E-state index in [4.69, 9.17) is 11.6 Å². The van der Waals surface area contributed by atoms with Crippen molar-refractivity contribution in [2.75, 3.05) is 0 Å². The zero-order valence-electron chi connectivity index (χ0n) is 12.2. The van der Waals surface area contributed by atoms with Gasteiger partial charge < -0.3 is 0 Å². The van der Waals surface area contributed by atoms with Crippen LogP contribution in [0.3, 0.4) is 0 Å². The van der Waals surface area contributed by atoms with Gasteiger partial charge >= 0.3 is 0 Å². The van der Waals surface area contributed by atoms with Crippen molar-refractivity contribution in [3.63, 3.8) is 0 Å². The van der Waals surface area contributed by atoms with E-state index in [1.165, 1.54) is 30.3 Å². The van der Waals surface area contributed by atoms with Gasteiger partial charge in [-0.1, -0.05) is 35.4 Å². The summed E-state index contributed by atoms with van der Waals surface area (Å²) in [4.78, 5) is -0.237.